The van der Waals surface area contributed by atoms with E-state index in [0.29, 0.717) is 11.4 Å². The van der Waals surface area contributed by atoms with Crippen LogP contribution in [-0.2, 0) is 10.0 Å². The fourth-order valence-electron chi connectivity index (χ4n) is 1.81. The minimum atomic E-state index is -3.69. The van der Waals surface area contributed by atoms with E-state index >= 15 is 0 Å². The second-order valence-corrected chi connectivity index (χ2v) is 6.15. The van der Waals surface area contributed by atoms with Crippen molar-refractivity contribution < 1.29 is 13.2 Å². The van der Waals surface area contributed by atoms with Crippen LogP contribution in [0.4, 0.5) is 11.4 Å². The third-order valence-electron chi connectivity index (χ3n) is 2.98. The SMILES string of the molecule is COc1ccc(S(=O)(=O)N(C)c2ccccc2)c(N)c1. The Hall–Kier alpha value is -2.21. The summed E-state index contributed by atoms with van der Waals surface area (Å²) in [5.74, 6) is 0.517. The molecule has 20 heavy (non-hydrogen) atoms. The first-order valence-corrected chi connectivity index (χ1v) is 7.38. The minimum Gasteiger partial charge on any atom is -0.497 e. The van der Waals surface area contributed by atoms with Crippen LogP contribution >= 0.6 is 0 Å². The number of benzene rings is 2. The number of sulfonamides is 1. The fraction of sp³-hybridized carbons (Fsp3) is 0.143. The van der Waals surface area contributed by atoms with Crippen molar-refractivity contribution in [2.75, 3.05) is 24.2 Å². The lowest BCUT2D eigenvalue weighted by Gasteiger charge is -2.20. The zero-order valence-corrected chi connectivity index (χ0v) is 12.1. The molecule has 106 valence electrons. The molecule has 2 aromatic rings. The summed E-state index contributed by atoms with van der Waals surface area (Å²) in [5, 5.41) is 0. The monoisotopic (exact) mass is 292 g/mol. The van der Waals surface area contributed by atoms with Crippen molar-refractivity contribution >= 4 is 21.4 Å². The molecule has 0 aliphatic rings. The number of rotatable bonds is 4. The van der Waals surface area contributed by atoms with Gasteiger partial charge in [-0.05, 0) is 24.3 Å². The summed E-state index contributed by atoms with van der Waals surface area (Å²) in [6, 6.07) is 13.3. The summed E-state index contributed by atoms with van der Waals surface area (Å²) >= 11 is 0. The minimum absolute atomic E-state index is 0.0599. The van der Waals surface area contributed by atoms with Crippen molar-refractivity contribution in [3.05, 3.63) is 48.5 Å². The predicted molar refractivity (Wildman–Crippen MR) is 79.4 cm³/mol. The van der Waals surface area contributed by atoms with Crippen LogP contribution in [0.1, 0.15) is 0 Å². The molecule has 0 aliphatic heterocycles. The van der Waals surface area contributed by atoms with Crippen molar-refractivity contribution in [2.45, 2.75) is 4.90 Å². The molecule has 0 amide bonds. The van der Waals surface area contributed by atoms with Gasteiger partial charge < -0.3 is 10.5 Å². The van der Waals surface area contributed by atoms with Gasteiger partial charge in [0.2, 0.25) is 0 Å². The van der Waals surface area contributed by atoms with Gasteiger partial charge in [0, 0.05) is 13.1 Å². The molecule has 0 spiro atoms. The van der Waals surface area contributed by atoms with Gasteiger partial charge in [0.15, 0.2) is 0 Å². The molecule has 0 aromatic heterocycles. The Balaban J connectivity index is 2.45. The van der Waals surface area contributed by atoms with Crippen LogP contribution in [0.2, 0.25) is 0 Å². The van der Waals surface area contributed by atoms with E-state index in [-0.39, 0.29) is 10.6 Å². The van der Waals surface area contributed by atoms with E-state index in [1.165, 1.54) is 30.6 Å². The van der Waals surface area contributed by atoms with Crippen molar-refractivity contribution in [2.24, 2.45) is 0 Å². The molecule has 0 saturated carbocycles. The van der Waals surface area contributed by atoms with E-state index < -0.39 is 10.0 Å². The van der Waals surface area contributed by atoms with E-state index in [1.54, 1.807) is 30.3 Å². The molecule has 2 aromatic carbocycles. The average Bonchev–Trinajstić information content (AvgIpc) is 2.46. The molecule has 0 fully saturated rings. The molecule has 0 radical (unpaired) electrons. The molecular weight excluding hydrogens is 276 g/mol. The Labute approximate surface area is 118 Å². The predicted octanol–water partition coefficient (Wildman–Crippen LogP) is 2.10. The van der Waals surface area contributed by atoms with E-state index in [1.807, 2.05) is 6.07 Å². The second kappa shape index (κ2) is 5.42. The van der Waals surface area contributed by atoms with E-state index in [4.69, 9.17) is 10.5 Å². The van der Waals surface area contributed by atoms with Crippen LogP contribution < -0.4 is 14.8 Å². The molecule has 0 bridgehead atoms. The largest absolute Gasteiger partial charge is 0.497 e. The Kier molecular flexibility index (Phi) is 3.85. The van der Waals surface area contributed by atoms with Gasteiger partial charge in [-0.1, -0.05) is 18.2 Å². The van der Waals surface area contributed by atoms with Gasteiger partial charge in [-0.25, -0.2) is 8.42 Å². The molecule has 0 aliphatic carbocycles. The van der Waals surface area contributed by atoms with Crippen LogP contribution in [0.3, 0.4) is 0 Å². The van der Waals surface area contributed by atoms with Crippen molar-refractivity contribution in [3.63, 3.8) is 0 Å². The van der Waals surface area contributed by atoms with Gasteiger partial charge in [0.05, 0.1) is 18.5 Å². The lowest BCUT2D eigenvalue weighted by Crippen LogP contribution is -2.27. The van der Waals surface area contributed by atoms with Crippen LogP contribution in [0, 0.1) is 0 Å². The Bertz CT molecular complexity index is 700. The maximum atomic E-state index is 12.6. The molecule has 0 saturated heterocycles. The number of anilines is 2. The number of nitrogen functional groups attached to an aromatic ring is 1. The molecular formula is C14H16N2O3S. The molecule has 0 heterocycles. The van der Waals surface area contributed by atoms with Gasteiger partial charge in [0.25, 0.3) is 10.0 Å². The summed E-state index contributed by atoms with van der Waals surface area (Å²) in [6.45, 7) is 0. The van der Waals surface area contributed by atoms with E-state index in [9.17, 15) is 8.42 Å². The molecule has 0 atom stereocenters. The standard InChI is InChI=1S/C14H16N2O3S/c1-16(11-6-4-3-5-7-11)20(17,18)14-9-8-12(19-2)10-13(14)15/h3-10H,15H2,1-2H3. The van der Waals surface area contributed by atoms with Crippen LogP contribution in [0.25, 0.3) is 0 Å². The van der Waals surface area contributed by atoms with Crippen molar-refractivity contribution in [3.8, 4) is 5.75 Å². The second-order valence-electron chi connectivity index (χ2n) is 4.21. The smallest absolute Gasteiger partial charge is 0.266 e. The highest BCUT2D eigenvalue weighted by atomic mass is 32.2. The number of methoxy groups -OCH3 is 1. The highest BCUT2D eigenvalue weighted by Crippen LogP contribution is 2.28. The van der Waals surface area contributed by atoms with Crippen molar-refractivity contribution in [1.29, 1.82) is 0 Å². The van der Waals surface area contributed by atoms with Crippen LogP contribution in [0.15, 0.2) is 53.4 Å². The summed E-state index contributed by atoms with van der Waals surface area (Å²) in [4.78, 5) is 0.0599. The summed E-state index contributed by atoms with van der Waals surface area (Å²) in [5.41, 5.74) is 6.54. The maximum absolute atomic E-state index is 12.6. The Morgan fingerprint density at radius 3 is 2.30 bits per heavy atom. The number of nitrogens with zero attached hydrogens (tertiary/aromatic N) is 1. The van der Waals surface area contributed by atoms with E-state index in [2.05, 4.69) is 0 Å². The quantitative estimate of drug-likeness (QED) is 0.876. The lowest BCUT2D eigenvalue weighted by molar-refractivity contribution is 0.414. The van der Waals surface area contributed by atoms with Crippen LogP contribution in [0.5, 0.6) is 5.75 Å². The van der Waals surface area contributed by atoms with Crippen LogP contribution in [-0.4, -0.2) is 22.6 Å². The first-order chi connectivity index (χ1) is 9.46. The topological polar surface area (TPSA) is 72.6 Å². The zero-order valence-electron chi connectivity index (χ0n) is 11.3. The third-order valence-corrected chi connectivity index (χ3v) is 4.83. The maximum Gasteiger partial charge on any atom is 0.266 e. The lowest BCUT2D eigenvalue weighted by atomic mass is 10.3. The number of para-hydroxylation sites is 1. The fourth-order valence-corrected chi connectivity index (χ4v) is 3.10. The average molecular weight is 292 g/mol. The number of hydrogen-bond acceptors (Lipinski definition) is 4. The molecule has 2 rings (SSSR count). The van der Waals surface area contributed by atoms with Gasteiger partial charge in [-0.15, -0.1) is 0 Å². The van der Waals surface area contributed by atoms with Gasteiger partial charge >= 0.3 is 0 Å². The van der Waals surface area contributed by atoms with Gasteiger partial charge in [-0.3, -0.25) is 4.31 Å². The van der Waals surface area contributed by atoms with Gasteiger partial charge in [0.1, 0.15) is 10.6 Å². The van der Waals surface area contributed by atoms with E-state index in [0.717, 1.165) is 0 Å². The summed E-state index contributed by atoms with van der Waals surface area (Å²) < 4.78 is 31.3. The Morgan fingerprint density at radius 1 is 1.10 bits per heavy atom. The normalized spacial score (nSPS) is 11.1. The summed E-state index contributed by atoms with van der Waals surface area (Å²) in [7, 11) is -0.701. The highest BCUT2D eigenvalue weighted by molar-refractivity contribution is 7.93. The van der Waals surface area contributed by atoms with Gasteiger partial charge in [-0.2, -0.15) is 0 Å². The number of hydrogen-bond donors (Lipinski definition) is 1. The first kappa shape index (κ1) is 14.2. The Morgan fingerprint density at radius 2 is 1.75 bits per heavy atom. The summed E-state index contributed by atoms with van der Waals surface area (Å²) in [6.07, 6.45) is 0. The molecule has 2 N–H and O–H groups in total. The first-order valence-electron chi connectivity index (χ1n) is 5.94. The third kappa shape index (κ3) is 2.55. The van der Waals surface area contributed by atoms with Crippen molar-refractivity contribution in [1.82, 2.24) is 0 Å². The molecule has 6 heteroatoms. The number of ether oxygens (including phenoxy) is 1. The highest BCUT2D eigenvalue weighted by Gasteiger charge is 2.23. The molecule has 5 nitrogen and oxygen atoms in total. The molecule has 0 unspecified atom stereocenters. The zero-order chi connectivity index (χ0) is 14.8. The number of nitrogens with two attached hydrogens (primary N) is 1.